The topological polar surface area (TPSA) is 0 Å². The minimum absolute atomic E-state index is 0.240. The van der Waals surface area contributed by atoms with E-state index in [4.69, 9.17) is 0 Å². The number of hydrogen-bond acceptors (Lipinski definition) is 2. The van der Waals surface area contributed by atoms with Crippen LogP contribution in [0.5, 0.6) is 0 Å². The van der Waals surface area contributed by atoms with Crippen molar-refractivity contribution >= 4 is 25.3 Å². The van der Waals surface area contributed by atoms with Gasteiger partial charge in [-0.25, -0.2) is 0 Å². The fraction of sp³-hybridized carbons (Fsp3) is 1.00. The second kappa shape index (κ2) is 19.0. The first-order valence-electron chi connectivity index (χ1n) is 11.6. The van der Waals surface area contributed by atoms with Crippen LogP contribution in [-0.4, -0.2) is 9.49 Å². The van der Waals surface area contributed by atoms with Gasteiger partial charge in [0.05, 0.1) is 0 Å². The second-order valence-electron chi connectivity index (χ2n) is 9.37. The molecule has 26 heavy (non-hydrogen) atoms. The lowest BCUT2D eigenvalue weighted by atomic mass is 10.0. The normalized spacial score (nSPS) is 12.0. The lowest BCUT2D eigenvalue weighted by Crippen LogP contribution is -2.09. The molecule has 0 spiro atoms. The first-order valence-corrected chi connectivity index (χ1v) is 12.5. The molecule has 0 aliphatic rings. The molecule has 0 heterocycles. The predicted molar refractivity (Wildman–Crippen MR) is 131 cm³/mol. The molecule has 0 N–H and O–H groups in total. The van der Waals surface area contributed by atoms with Crippen molar-refractivity contribution < 1.29 is 0 Å². The second-order valence-corrected chi connectivity index (χ2v) is 11.8. The van der Waals surface area contributed by atoms with Gasteiger partial charge in [0.2, 0.25) is 0 Å². The summed E-state index contributed by atoms with van der Waals surface area (Å²) in [6.07, 6.45) is 22.1. The highest BCUT2D eigenvalue weighted by molar-refractivity contribution is 7.81. The molecule has 0 rings (SSSR count). The van der Waals surface area contributed by atoms with E-state index in [1.165, 1.54) is 103 Å². The predicted octanol–water partition coefficient (Wildman–Crippen LogP) is 9.67. The lowest BCUT2D eigenvalue weighted by Gasteiger charge is -2.16. The van der Waals surface area contributed by atoms with Crippen molar-refractivity contribution in [1.29, 1.82) is 0 Å². The summed E-state index contributed by atoms with van der Waals surface area (Å²) in [6, 6.07) is 0. The molecule has 0 atom stereocenters. The van der Waals surface area contributed by atoms with E-state index in [-0.39, 0.29) is 9.49 Å². The van der Waals surface area contributed by atoms with Gasteiger partial charge < -0.3 is 0 Å². The molecule has 0 aromatic carbocycles. The van der Waals surface area contributed by atoms with Crippen molar-refractivity contribution in [2.24, 2.45) is 0 Å². The van der Waals surface area contributed by atoms with Gasteiger partial charge in [0.15, 0.2) is 0 Å². The Kier molecular flexibility index (Phi) is 21.2. The van der Waals surface area contributed by atoms with Crippen molar-refractivity contribution in [3.05, 3.63) is 0 Å². The molecule has 0 radical (unpaired) electrons. The molecule has 0 aromatic heterocycles. The number of rotatable bonds is 16. The third-order valence-corrected chi connectivity index (χ3v) is 5.23. The fourth-order valence-electron chi connectivity index (χ4n) is 3.03. The van der Waals surface area contributed by atoms with E-state index in [9.17, 15) is 0 Å². The van der Waals surface area contributed by atoms with E-state index >= 15 is 0 Å². The van der Waals surface area contributed by atoms with Gasteiger partial charge in [0.25, 0.3) is 0 Å². The highest BCUT2D eigenvalue weighted by Crippen LogP contribution is 2.22. The van der Waals surface area contributed by atoms with Crippen LogP contribution in [0.25, 0.3) is 0 Å². The first-order chi connectivity index (χ1) is 12.1. The summed E-state index contributed by atoms with van der Waals surface area (Å²) in [4.78, 5) is 0. The summed E-state index contributed by atoms with van der Waals surface area (Å²) < 4.78 is 0.479. The SMILES string of the molecule is CCCCCCCCCC(C)(C)S.CCCCCCCCCC(C)(C)S. The summed E-state index contributed by atoms with van der Waals surface area (Å²) in [5.74, 6) is 0. The Hall–Kier alpha value is 0.700. The van der Waals surface area contributed by atoms with E-state index < -0.39 is 0 Å². The van der Waals surface area contributed by atoms with Gasteiger partial charge in [0.1, 0.15) is 0 Å². The van der Waals surface area contributed by atoms with Gasteiger partial charge in [-0.15, -0.1) is 0 Å². The van der Waals surface area contributed by atoms with E-state index in [0.717, 1.165) is 0 Å². The van der Waals surface area contributed by atoms with Crippen LogP contribution < -0.4 is 0 Å². The zero-order valence-corrected chi connectivity index (χ0v) is 21.0. The third-order valence-electron chi connectivity index (χ3n) is 4.78. The van der Waals surface area contributed by atoms with Crippen LogP contribution in [-0.2, 0) is 0 Å². The zero-order valence-electron chi connectivity index (χ0n) is 19.2. The van der Waals surface area contributed by atoms with Crippen molar-refractivity contribution in [2.45, 2.75) is 154 Å². The van der Waals surface area contributed by atoms with Gasteiger partial charge >= 0.3 is 0 Å². The summed E-state index contributed by atoms with van der Waals surface area (Å²) in [5.41, 5.74) is 0. The van der Waals surface area contributed by atoms with Gasteiger partial charge in [0, 0.05) is 9.49 Å². The minimum Gasteiger partial charge on any atom is -0.173 e. The molecule has 0 fully saturated rings. The molecule has 0 aliphatic heterocycles. The average Bonchev–Trinajstić information content (AvgIpc) is 2.52. The van der Waals surface area contributed by atoms with Gasteiger partial charge in [-0.05, 0) is 12.8 Å². The van der Waals surface area contributed by atoms with Crippen molar-refractivity contribution in [3.8, 4) is 0 Å². The monoisotopic (exact) mass is 404 g/mol. The molecule has 0 nitrogen and oxygen atoms in total. The highest BCUT2D eigenvalue weighted by atomic mass is 32.1. The largest absolute Gasteiger partial charge is 0.173 e. The van der Waals surface area contributed by atoms with Crippen LogP contribution in [0.15, 0.2) is 0 Å². The summed E-state index contributed by atoms with van der Waals surface area (Å²) in [6.45, 7) is 13.3. The van der Waals surface area contributed by atoms with Crippen molar-refractivity contribution in [3.63, 3.8) is 0 Å². The molecule has 0 aliphatic carbocycles. The third kappa shape index (κ3) is 32.4. The van der Waals surface area contributed by atoms with Crippen molar-refractivity contribution in [1.82, 2.24) is 0 Å². The zero-order chi connectivity index (χ0) is 20.3. The summed E-state index contributed by atoms with van der Waals surface area (Å²) in [7, 11) is 0. The maximum absolute atomic E-state index is 4.51. The highest BCUT2D eigenvalue weighted by Gasteiger charge is 2.10. The molecular formula is C24H52S2. The molecule has 0 saturated heterocycles. The molecule has 0 bridgehead atoms. The molecular weight excluding hydrogens is 352 g/mol. The molecule has 0 amide bonds. The Balaban J connectivity index is 0. The minimum atomic E-state index is 0.240. The number of hydrogen-bond donors (Lipinski definition) is 2. The smallest absolute Gasteiger partial charge is 0.00731 e. The van der Waals surface area contributed by atoms with Gasteiger partial charge in [-0.2, -0.15) is 25.3 Å². The Morgan fingerprint density at radius 2 is 0.654 bits per heavy atom. The number of unbranched alkanes of at least 4 members (excludes halogenated alkanes) is 12. The summed E-state index contributed by atoms with van der Waals surface area (Å²) >= 11 is 9.03. The number of thiol groups is 2. The molecule has 2 heteroatoms. The van der Waals surface area contributed by atoms with E-state index in [2.05, 4.69) is 66.8 Å². The lowest BCUT2D eigenvalue weighted by molar-refractivity contribution is 0.538. The Labute approximate surface area is 178 Å². The Morgan fingerprint density at radius 3 is 0.885 bits per heavy atom. The molecule has 0 aromatic rings. The fourth-order valence-corrected chi connectivity index (χ4v) is 3.35. The maximum atomic E-state index is 4.51. The standard InChI is InChI=1S/2C12H26S/c2*1-4-5-6-7-8-9-10-11-12(2,3)13/h2*13H,4-11H2,1-3H3. The van der Waals surface area contributed by atoms with Crippen LogP contribution in [0.3, 0.4) is 0 Å². The van der Waals surface area contributed by atoms with Crippen molar-refractivity contribution in [2.75, 3.05) is 0 Å². The first kappa shape index (κ1) is 28.9. The molecule has 0 unspecified atom stereocenters. The van der Waals surface area contributed by atoms with E-state index in [1.54, 1.807) is 0 Å². The van der Waals surface area contributed by atoms with Crippen LogP contribution in [0.1, 0.15) is 144 Å². The van der Waals surface area contributed by atoms with E-state index in [0.29, 0.717) is 0 Å². The molecule has 160 valence electrons. The maximum Gasteiger partial charge on any atom is 0.00731 e. The van der Waals surface area contributed by atoms with Crippen LogP contribution >= 0.6 is 25.3 Å². The summed E-state index contributed by atoms with van der Waals surface area (Å²) in [5, 5.41) is 0. The van der Waals surface area contributed by atoms with Crippen LogP contribution in [0.2, 0.25) is 0 Å². The van der Waals surface area contributed by atoms with Crippen LogP contribution in [0.4, 0.5) is 0 Å². The Bertz CT molecular complexity index is 232. The average molecular weight is 405 g/mol. The Morgan fingerprint density at radius 1 is 0.423 bits per heavy atom. The van der Waals surface area contributed by atoms with Gasteiger partial charge in [-0.3, -0.25) is 0 Å². The van der Waals surface area contributed by atoms with E-state index in [1.807, 2.05) is 0 Å². The quantitative estimate of drug-likeness (QED) is 0.185. The van der Waals surface area contributed by atoms with Gasteiger partial charge in [-0.1, -0.05) is 131 Å². The van der Waals surface area contributed by atoms with Crippen LogP contribution in [0, 0.1) is 0 Å². The molecule has 0 saturated carbocycles.